The number of amides is 1. The number of halogens is 1. The van der Waals surface area contributed by atoms with E-state index >= 15 is 0 Å². The van der Waals surface area contributed by atoms with Crippen molar-refractivity contribution in [3.63, 3.8) is 0 Å². The molecule has 0 aliphatic rings. The van der Waals surface area contributed by atoms with Gasteiger partial charge in [0.05, 0.1) is 10.6 Å². The molecule has 0 radical (unpaired) electrons. The number of fused-ring (bicyclic) bond motifs is 1. The molecule has 158 valence electrons. The molecule has 1 atom stereocenters. The molecule has 31 heavy (non-hydrogen) atoms. The van der Waals surface area contributed by atoms with E-state index in [1.165, 1.54) is 5.56 Å². The van der Waals surface area contributed by atoms with E-state index in [9.17, 15) is 4.79 Å². The van der Waals surface area contributed by atoms with Crippen LogP contribution in [0.2, 0.25) is 5.02 Å². The SMILES string of the molecule is CC[C@H](C)c1ccc(OCC(=O)Nc2ccc(Cl)c(-c3nc4ncccc4o3)c2)cc1. The monoisotopic (exact) mass is 435 g/mol. The number of nitrogens with one attached hydrogen (secondary N) is 1. The number of nitrogens with zero attached hydrogens (tertiary/aromatic N) is 2. The second kappa shape index (κ2) is 9.18. The molecule has 4 aromatic rings. The van der Waals surface area contributed by atoms with Gasteiger partial charge in [0.15, 0.2) is 17.8 Å². The Labute approximate surface area is 185 Å². The van der Waals surface area contributed by atoms with Crippen LogP contribution < -0.4 is 10.1 Å². The van der Waals surface area contributed by atoms with Gasteiger partial charge < -0.3 is 14.5 Å². The Kier molecular flexibility index (Phi) is 6.18. The number of benzene rings is 2. The molecule has 2 heterocycles. The number of carbonyl (C=O) groups excluding carboxylic acids is 1. The lowest BCUT2D eigenvalue weighted by Crippen LogP contribution is -2.20. The van der Waals surface area contributed by atoms with E-state index in [0.717, 1.165) is 6.42 Å². The highest BCUT2D eigenvalue weighted by Crippen LogP contribution is 2.31. The number of hydrogen-bond donors (Lipinski definition) is 1. The minimum absolute atomic E-state index is 0.104. The van der Waals surface area contributed by atoms with E-state index in [2.05, 4.69) is 29.1 Å². The number of oxazole rings is 1. The summed E-state index contributed by atoms with van der Waals surface area (Å²) in [7, 11) is 0. The molecule has 2 aromatic heterocycles. The fraction of sp³-hybridized carbons (Fsp3) is 0.208. The van der Waals surface area contributed by atoms with Crippen molar-refractivity contribution < 1.29 is 13.9 Å². The molecule has 1 amide bonds. The summed E-state index contributed by atoms with van der Waals surface area (Å²) in [5, 5.41) is 3.27. The van der Waals surface area contributed by atoms with Crippen molar-refractivity contribution >= 4 is 34.4 Å². The fourth-order valence-electron chi connectivity index (χ4n) is 3.13. The summed E-state index contributed by atoms with van der Waals surface area (Å²) in [6.07, 6.45) is 2.72. The van der Waals surface area contributed by atoms with Gasteiger partial charge in [-0.2, -0.15) is 4.98 Å². The van der Waals surface area contributed by atoms with Crippen molar-refractivity contribution in [3.05, 3.63) is 71.4 Å². The van der Waals surface area contributed by atoms with Crippen LogP contribution in [0.25, 0.3) is 22.7 Å². The molecule has 0 unspecified atom stereocenters. The van der Waals surface area contributed by atoms with Crippen LogP contribution >= 0.6 is 11.6 Å². The van der Waals surface area contributed by atoms with Gasteiger partial charge in [-0.05, 0) is 60.4 Å². The van der Waals surface area contributed by atoms with Crippen LogP contribution in [0.1, 0.15) is 31.7 Å². The molecule has 1 N–H and O–H groups in total. The van der Waals surface area contributed by atoms with Gasteiger partial charge in [-0.15, -0.1) is 0 Å². The zero-order valence-electron chi connectivity index (χ0n) is 17.3. The second-order valence-electron chi connectivity index (χ2n) is 7.25. The van der Waals surface area contributed by atoms with Crippen molar-refractivity contribution in [1.82, 2.24) is 9.97 Å². The van der Waals surface area contributed by atoms with Crippen molar-refractivity contribution in [3.8, 4) is 17.2 Å². The summed E-state index contributed by atoms with van der Waals surface area (Å²) < 4.78 is 11.3. The van der Waals surface area contributed by atoms with E-state index in [1.807, 2.05) is 24.3 Å². The lowest BCUT2D eigenvalue weighted by atomic mass is 9.99. The van der Waals surface area contributed by atoms with E-state index in [-0.39, 0.29) is 12.5 Å². The van der Waals surface area contributed by atoms with Gasteiger partial charge >= 0.3 is 0 Å². The van der Waals surface area contributed by atoms with Gasteiger partial charge in [-0.1, -0.05) is 37.6 Å². The predicted octanol–water partition coefficient (Wildman–Crippen LogP) is 6.07. The Morgan fingerprint density at radius 3 is 2.74 bits per heavy atom. The standard InChI is InChI=1S/C24H22ClN3O3/c1-3-15(2)16-6-9-18(10-7-16)30-14-22(29)27-17-8-11-20(25)19(13-17)24-28-23-21(31-24)5-4-12-26-23/h4-13,15H,3,14H2,1-2H3,(H,27,29)/t15-/m0/s1. The lowest BCUT2D eigenvalue weighted by molar-refractivity contribution is -0.118. The van der Waals surface area contributed by atoms with Crippen LogP contribution in [0.5, 0.6) is 5.75 Å². The summed E-state index contributed by atoms with van der Waals surface area (Å²) in [4.78, 5) is 20.9. The quantitative estimate of drug-likeness (QED) is 0.381. The third-order valence-corrected chi connectivity index (χ3v) is 5.41. The van der Waals surface area contributed by atoms with Crippen LogP contribution in [0.4, 0.5) is 5.69 Å². The molecule has 0 aliphatic carbocycles. The molecule has 0 aliphatic heterocycles. The normalized spacial score (nSPS) is 12.0. The van der Waals surface area contributed by atoms with Gasteiger partial charge in [-0.3, -0.25) is 4.79 Å². The summed E-state index contributed by atoms with van der Waals surface area (Å²) >= 11 is 6.32. The van der Waals surface area contributed by atoms with Crippen LogP contribution in [0.15, 0.2) is 65.2 Å². The van der Waals surface area contributed by atoms with E-state index < -0.39 is 0 Å². The van der Waals surface area contributed by atoms with Gasteiger partial charge in [0.2, 0.25) is 5.89 Å². The highest BCUT2D eigenvalue weighted by molar-refractivity contribution is 6.33. The van der Waals surface area contributed by atoms with Crippen LogP contribution in [0.3, 0.4) is 0 Å². The van der Waals surface area contributed by atoms with Gasteiger partial charge in [0.25, 0.3) is 5.91 Å². The Morgan fingerprint density at radius 1 is 1.19 bits per heavy atom. The second-order valence-corrected chi connectivity index (χ2v) is 7.66. The topological polar surface area (TPSA) is 77.2 Å². The average molecular weight is 436 g/mol. The first-order valence-corrected chi connectivity index (χ1v) is 10.5. The lowest BCUT2D eigenvalue weighted by Gasteiger charge is -2.11. The third kappa shape index (κ3) is 4.86. The summed E-state index contributed by atoms with van der Waals surface area (Å²) in [6, 6.07) is 16.5. The van der Waals surface area contributed by atoms with Crippen LogP contribution in [-0.4, -0.2) is 22.5 Å². The molecule has 0 fully saturated rings. The van der Waals surface area contributed by atoms with E-state index in [0.29, 0.717) is 45.1 Å². The molecule has 0 saturated carbocycles. The van der Waals surface area contributed by atoms with E-state index in [1.54, 1.807) is 36.5 Å². The number of ether oxygens (including phenoxy) is 1. The molecular weight excluding hydrogens is 414 g/mol. The fourth-order valence-corrected chi connectivity index (χ4v) is 3.32. The smallest absolute Gasteiger partial charge is 0.262 e. The molecule has 7 heteroatoms. The number of anilines is 1. The highest BCUT2D eigenvalue weighted by atomic mass is 35.5. The number of aromatic nitrogens is 2. The maximum absolute atomic E-state index is 12.4. The average Bonchev–Trinajstić information content (AvgIpc) is 3.23. The van der Waals surface area contributed by atoms with Crippen LogP contribution in [0, 0.1) is 0 Å². The Morgan fingerprint density at radius 2 is 2.00 bits per heavy atom. The number of hydrogen-bond acceptors (Lipinski definition) is 5. The molecule has 0 saturated heterocycles. The first kappa shape index (κ1) is 20.9. The summed E-state index contributed by atoms with van der Waals surface area (Å²) in [5.41, 5.74) is 3.45. The minimum atomic E-state index is -0.279. The molecule has 2 aromatic carbocycles. The number of pyridine rings is 1. The first-order chi connectivity index (χ1) is 15.0. The van der Waals surface area contributed by atoms with E-state index in [4.69, 9.17) is 20.8 Å². The number of rotatable bonds is 7. The third-order valence-electron chi connectivity index (χ3n) is 5.08. The van der Waals surface area contributed by atoms with Crippen molar-refractivity contribution in [2.45, 2.75) is 26.2 Å². The molecular formula is C24H22ClN3O3. The molecule has 6 nitrogen and oxygen atoms in total. The Bertz CT molecular complexity index is 1170. The van der Waals surface area contributed by atoms with Gasteiger partial charge in [-0.25, -0.2) is 4.98 Å². The first-order valence-electron chi connectivity index (χ1n) is 10.1. The largest absolute Gasteiger partial charge is 0.484 e. The van der Waals surface area contributed by atoms with Crippen molar-refractivity contribution in [2.75, 3.05) is 11.9 Å². The minimum Gasteiger partial charge on any atom is -0.484 e. The maximum Gasteiger partial charge on any atom is 0.262 e. The highest BCUT2D eigenvalue weighted by Gasteiger charge is 2.14. The summed E-state index contributed by atoms with van der Waals surface area (Å²) in [6.45, 7) is 4.23. The zero-order chi connectivity index (χ0) is 21.8. The molecule has 4 rings (SSSR count). The van der Waals surface area contributed by atoms with Crippen molar-refractivity contribution in [2.24, 2.45) is 0 Å². The molecule has 0 bridgehead atoms. The zero-order valence-corrected chi connectivity index (χ0v) is 18.0. The van der Waals surface area contributed by atoms with Crippen molar-refractivity contribution in [1.29, 1.82) is 0 Å². The van der Waals surface area contributed by atoms with Gasteiger partial charge in [0.1, 0.15) is 5.75 Å². The Hall–Kier alpha value is -3.38. The number of carbonyl (C=O) groups is 1. The van der Waals surface area contributed by atoms with Gasteiger partial charge in [0, 0.05) is 11.9 Å². The summed E-state index contributed by atoms with van der Waals surface area (Å²) in [5.74, 6) is 1.21. The van der Waals surface area contributed by atoms with Crippen LogP contribution in [-0.2, 0) is 4.79 Å². The Balaban J connectivity index is 1.42. The molecule has 0 spiro atoms. The maximum atomic E-state index is 12.4. The predicted molar refractivity (Wildman–Crippen MR) is 122 cm³/mol.